The molecule has 0 amide bonds. The standard InChI is InChI=1S/C13H21NO/c1-4-12(9-15)14-11(3)13-8-6-5-7-10(13)2/h5-8,11-12,14-15H,4,9H2,1-3H3/t11-,12+/m1/s1. The lowest BCUT2D eigenvalue weighted by Gasteiger charge is -2.22. The molecular formula is C13H21NO. The van der Waals surface area contributed by atoms with Crippen LogP contribution >= 0.6 is 0 Å². The van der Waals surface area contributed by atoms with Crippen LogP contribution in [0.1, 0.15) is 37.4 Å². The van der Waals surface area contributed by atoms with Gasteiger partial charge in [-0.05, 0) is 31.4 Å². The fourth-order valence-electron chi connectivity index (χ4n) is 1.82. The van der Waals surface area contributed by atoms with Gasteiger partial charge in [-0.2, -0.15) is 0 Å². The molecule has 0 unspecified atom stereocenters. The zero-order valence-corrected chi connectivity index (χ0v) is 9.83. The summed E-state index contributed by atoms with van der Waals surface area (Å²) in [7, 11) is 0. The van der Waals surface area contributed by atoms with E-state index in [9.17, 15) is 0 Å². The smallest absolute Gasteiger partial charge is 0.0584 e. The van der Waals surface area contributed by atoms with Crippen LogP contribution in [0.5, 0.6) is 0 Å². The van der Waals surface area contributed by atoms with E-state index in [1.165, 1.54) is 11.1 Å². The summed E-state index contributed by atoms with van der Waals surface area (Å²) in [6, 6.07) is 8.85. The third-order valence-electron chi connectivity index (χ3n) is 2.85. The van der Waals surface area contributed by atoms with Crippen molar-refractivity contribution in [2.24, 2.45) is 0 Å². The monoisotopic (exact) mass is 207 g/mol. The maximum atomic E-state index is 9.13. The van der Waals surface area contributed by atoms with Crippen LogP contribution in [0.3, 0.4) is 0 Å². The number of hydrogen-bond donors (Lipinski definition) is 2. The van der Waals surface area contributed by atoms with E-state index in [0.29, 0.717) is 6.04 Å². The first-order chi connectivity index (χ1) is 7.19. The summed E-state index contributed by atoms with van der Waals surface area (Å²) in [6.45, 7) is 6.54. The fourth-order valence-corrected chi connectivity index (χ4v) is 1.82. The van der Waals surface area contributed by atoms with E-state index in [-0.39, 0.29) is 12.6 Å². The molecule has 1 aromatic rings. The van der Waals surface area contributed by atoms with Crippen LogP contribution in [-0.4, -0.2) is 17.8 Å². The fraction of sp³-hybridized carbons (Fsp3) is 0.538. The van der Waals surface area contributed by atoms with Crippen LogP contribution in [0.4, 0.5) is 0 Å². The topological polar surface area (TPSA) is 32.3 Å². The Hall–Kier alpha value is -0.860. The SMILES string of the molecule is CC[C@@H](CO)N[C@H](C)c1ccccc1C. The number of hydrogen-bond acceptors (Lipinski definition) is 2. The Morgan fingerprint density at radius 1 is 1.33 bits per heavy atom. The highest BCUT2D eigenvalue weighted by Gasteiger charge is 2.11. The van der Waals surface area contributed by atoms with Crippen molar-refractivity contribution in [1.82, 2.24) is 5.32 Å². The van der Waals surface area contributed by atoms with Gasteiger partial charge in [0, 0.05) is 12.1 Å². The molecule has 2 heteroatoms. The first-order valence-electron chi connectivity index (χ1n) is 5.61. The van der Waals surface area contributed by atoms with E-state index >= 15 is 0 Å². The summed E-state index contributed by atoms with van der Waals surface area (Å²) in [4.78, 5) is 0. The van der Waals surface area contributed by atoms with Crippen molar-refractivity contribution in [3.63, 3.8) is 0 Å². The molecule has 0 saturated heterocycles. The molecule has 2 N–H and O–H groups in total. The lowest BCUT2D eigenvalue weighted by Crippen LogP contribution is -2.34. The molecule has 0 fully saturated rings. The minimum absolute atomic E-state index is 0.194. The molecule has 0 radical (unpaired) electrons. The third kappa shape index (κ3) is 3.33. The average molecular weight is 207 g/mol. The Balaban J connectivity index is 2.68. The van der Waals surface area contributed by atoms with E-state index in [4.69, 9.17) is 5.11 Å². The van der Waals surface area contributed by atoms with E-state index in [1.54, 1.807) is 0 Å². The maximum Gasteiger partial charge on any atom is 0.0584 e. The predicted octanol–water partition coefficient (Wildman–Crippen LogP) is 2.42. The van der Waals surface area contributed by atoms with E-state index < -0.39 is 0 Å². The highest BCUT2D eigenvalue weighted by atomic mass is 16.3. The van der Waals surface area contributed by atoms with Gasteiger partial charge in [0.05, 0.1) is 6.61 Å². The summed E-state index contributed by atoms with van der Waals surface area (Å²) in [5, 5.41) is 12.6. The van der Waals surface area contributed by atoms with Crippen molar-refractivity contribution >= 4 is 0 Å². The van der Waals surface area contributed by atoms with Crippen molar-refractivity contribution in [2.45, 2.75) is 39.3 Å². The van der Waals surface area contributed by atoms with Crippen molar-refractivity contribution in [3.8, 4) is 0 Å². The van der Waals surface area contributed by atoms with E-state index in [2.05, 4.69) is 50.4 Å². The maximum absolute atomic E-state index is 9.13. The summed E-state index contributed by atoms with van der Waals surface area (Å²) in [5.74, 6) is 0. The van der Waals surface area contributed by atoms with Gasteiger partial charge < -0.3 is 10.4 Å². The van der Waals surface area contributed by atoms with Gasteiger partial charge in [0.2, 0.25) is 0 Å². The molecule has 0 aromatic heterocycles. The second-order valence-electron chi connectivity index (χ2n) is 4.03. The highest BCUT2D eigenvalue weighted by molar-refractivity contribution is 5.28. The molecule has 1 aromatic carbocycles. The normalized spacial score (nSPS) is 14.9. The summed E-state index contributed by atoms with van der Waals surface area (Å²) >= 11 is 0. The first kappa shape index (κ1) is 12.2. The van der Waals surface area contributed by atoms with Crippen LogP contribution in [0.25, 0.3) is 0 Å². The lowest BCUT2D eigenvalue weighted by molar-refractivity contribution is 0.230. The summed E-state index contributed by atoms with van der Waals surface area (Å²) in [6.07, 6.45) is 0.951. The Morgan fingerprint density at radius 2 is 2.00 bits per heavy atom. The molecule has 2 atom stereocenters. The molecule has 84 valence electrons. The number of aliphatic hydroxyl groups is 1. The van der Waals surface area contributed by atoms with Crippen molar-refractivity contribution in [3.05, 3.63) is 35.4 Å². The molecule has 0 aliphatic carbocycles. The van der Waals surface area contributed by atoms with Gasteiger partial charge >= 0.3 is 0 Å². The molecule has 0 spiro atoms. The third-order valence-corrected chi connectivity index (χ3v) is 2.85. The molecular weight excluding hydrogens is 186 g/mol. The zero-order chi connectivity index (χ0) is 11.3. The quantitative estimate of drug-likeness (QED) is 0.777. The second kappa shape index (κ2) is 5.89. The highest BCUT2D eigenvalue weighted by Crippen LogP contribution is 2.17. The van der Waals surface area contributed by atoms with Crippen molar-refractivity contribution in [2.75, 3.05) is 6.61 Å². The van der Waals surface area contributed by atoms with Gasteiger partial charge in [0.25, 0.3) is 0 Å². The number of aryl methyl sites for hydroxylation is 1. The minimum Gasteiger partial charge on any atom is -0.395 e. The number of aliphatic hydroxyl groups excluding tert-OH is 1. The van der Waals surface area contributed by atoms with Crippen LogP contribution in [0.15, 0.2) is 24.3 Å². The number of benzene rings is 1. The second-order valence-corrected chi connectivity index (χ2v) is 4.03. The summed E-state index contributed by atoms with van der Waals surface area (Å²) < 4.78 is 0. The van der Waals surface area contributed by atoms with Crippen LogP contribution in [0, 0.1) is 6.92 Å². The van der Waals surface area contributed by atoms with Gasteiger partial charge in [-0.15, -0.1) is 0 Å². The zero-order valence-electron chi connectivity index (χ0n) is 9.83. The largest absolute Gasteiger partial charge is 0.395 e. The summed E-state index contributed by atoms with van der Waals surface area (Å²) in [5.41, 5.74) is 2.61. The van der Waals surface area contributed by atoms with Gasteiger partial charge in [-0.1, -0.05) is 31.2 Å². The van der Waals surface area contributed by atoms with E-state index in [1.807, 2.05) is 0 Å². The van der Waals surface area contributed by atoms with Gasteiger partial charge in [-0.25, -0.2) is 0 Å². The van der Waals surface area contributed by atoms with Crippen molar-refractivity contribution in [1.29, 1.82) is 0 Å². The Bertz CT molecular complexity index is 294. The first-order valence-corrected chi connectivity index (χ1v) is 5.61. The number of rotatable bonds is 5. The molecule has 0 aliphatic heterocycles. The molecule has 15 heavy (non-hydrogen) atoms. The van der Waals surface area contributed by atoms with Crippen molar-refractivity contribution < 1.29 is 5.11 Å². The van der Waals surface area contributed by atoms with Crippen LogP contribution in [0.2, 0.25) is 0 Å². The molecule has 2 nitrogen and oxygen atoms in total. The predicted molar refractivity (Wildman–Crippen MR) is 63.9 cm³/mol. The lowest BCUT2D eigenvalue weighted by atomic mass is 10.0. The molecule has 0 heterocycles. The van der Waals surface area contributed by atoms with Crippen LogP contribution < -0.4 is 5.32 Å². The molecule has 0 saturated carbocycles. The van der Waals surface area contributed by atoms with Crippen LogP contribution in [-0.2, 0) is 0 Å². The average Bonchev–Trinajstić information content (AvgIpc) is 2.26. The minimum atomic E-state index is 0.194. The van der Waals surface area contributed by atoms with Gasteiger partial charge in [0.15, 0.2) is 0 Å². The number of nitrogens with one attached hydrogen (secondary N) is 1. The van der Waals surface area contributed by atoms with Gasteiger partial charge in [0.1, 0.15) is 0 Å². The molecule has 1 rings (SSSR count). The Morgan fingerprint density at radius 3 is 2.53 bits per heavy atom. The Labute approximate surface area is 92.3 Å². The Kier molecular flexibility index (Phi) is 4.79. The van der Waals surface area contributed by atoms with Gasteiger partial charge in [-0.3, -0.25) is 0 Å². The molecule has 0 aliphatic rings. The molecule has 0 bridgehead atoms. The van der Waals surface area contributed by atoms with E-state index in [0.717, 1.165) is 6.42 Å².